The minimum atomic E-state index is -6.00. The van der Waals surface area contributed by atoms with E-state index in [9.17, 15) is 17.3 Å². The predicted molar refractivity (Wildman–Crippen MR) is 83.8 cm³/mol. The van der Waals surface area contributed by atoms with Crippen molar-refractivity contribution in [1.82, 2.24) is 15.1 Å². The van der Waals surface area contributed by atoms with Crippen molar-refractivity contribution in [2.24, 2.45) is 0 Å². The highest BCUT2D eigenvalue weighted by Crippen LogP contribution is 2.15. The van der Waals surface area contributed by atoms with Gasteiger partial charge in [-0.2, -0.15) is 0 Å². The van der Waals surface area contributed by atoms with Gasteiger partial charge in [0, 0.05) is 5.21 Å². The van der Waals surface area contributed by atoms with Crippen molar-refractivity contribution in [2.75, 3.05) is 5.32 Å². The first-order valence-electron chi connectivity index (χ1n) is 7.37. The molecule has 0 amide bonds. The molecule has 0 radical (unpaired) electrons. The molecule has 1 aromatic heterocycles. The lowest BCUT2D eigenvalue weighted by Crippen LogP contribution is -2.55. The molecule has 136 valence electrons. The lowest BCUT2D eigenvalue weighted by atomic mass is 10.1. The Bertz CT molecular complexity index is 500. The van der Waals surface area contributed by atoms with E-state index < -0.39 is 7.25 Å². The van der Waals surface area contributed by atoms with Gasteiger partial charge in [-0.15, -0.1) is 4.68 Å². The van der Waals surface area contributed by atoms with Crippen LogP contribution in [0.15, 0.2) is 0 Å². The summed E-state index contributed by atoms with van der Waals surface area (Å²) < 4.78 is 40.9. The molecular weight excluding hydrogens is 313 g/mol. The third kappa shape index (κ3) is 9.40. The van der Waals surface area contributed by atoms with Crippen LogP contribution in [0.25, 0.3) is 0 Å². The van der Waals surface area contributed by atoms with Crippen LogP contribution in [0.5, 0.6) is 0 Å². The fraction of sp³-hybridized carbons (Fsp3) is 0.923. The van der Waals surface area contributed by atoms with Crippen molar-refractivity contribution in [1.29, 1.82) is 0 Å². The average Bonchev–Trinajstić information content (AvgIpc) is 2.53. The van der Waals surface area contributed by atoms with Crippen molar-refractivity contribution >= 4 is 13.2 Å². The van der Waals surface area contributed by atoms with Gasteiger partial charge < -0.3 is 17.3 Å². The van der Waals surface area contributed by atoms with Crippen LogP contribution in [0, 0.1) is 0 Å². The number of hydrogen-bond donors (Lipinski definition) is 1. The summed E-state index contributed by atoms with van der Waals surface area (Å²) >= 11 is 0. The van der Waals surface area contributed by atoms with E-state index in [1.807, 2.05) is 4.68 Å². The molecule has 1 N–H and O–H groups in total. The Morgan fingerprint density at radius 1 is 0.913 bits per heavy atom. The number of halogens is 4. The minimum absolute atomic E-state index is 0.0360. The molecule has 1 heterocycles. The van der Waals surface area contributed by atoms with Crippen molar-refractivity contribution in [3.05, 3.63) is 0 Å². The van der Waals surface area contributed by atoms with Gasteiger partial charge in [0.05, 0.1) is 16.2 Å². The molecule has 0 aliphatic rings. The number of anilines is 1. The van der Waals surface area contributed by atoms with Crippen molar-refractivity contribution in [2.45, 2.75) is 78.9 Å². The molecule has 0 spiro atoms. The van der Waals surface area contributed by atoms with E-state index in [-0.39, 0.29) is 16.6 Å². The van der Waals surface area contributed by atoms with Gasteiger partial charge in [0.2, 0.25) is 0 Å². The molecule has 5 nitrogen and oxygen atoms in total. The van der Waals surface area contributed by atoms with Crippen LogP contribution in [-0.4, -0.2) is 27.9 Å². The van der Waals surface area contributed by atoms with E-state index in [1.54, 1.807) is 4.80 Å². The molecule has 1 aromatic rings. The summed E-state index contributed by atoms with van der Waals surface area (Å²) in [4.78, 5) is 1.77. The SMILES string of the molecule is CC(C)(C)Nc1nn(C(C)(C)C)n[n+]1C(C)(C)C.F[B-](F)(F)F. The lowest BCUT2D eigenvalue weighted by molar-refractivity contribution is -0.796. The maximum atomic E-state index is 9.75. The first-order chi connectivity index (χ1) is 9.81. The molecular formula is C13H28BF4N5. The van der Waals surface area contributed by atoms with Gasteiger partial charge >= 0.3 is 13.2 Å². The van der Waals surface area contributed by atoms with E-state index in [0.29, 0.717) is 0 Å². The average molecular weight is 341 g/mol. The Balaban J connectivity index is 0.000000841. The fourth-order valence-electron chi connectivity index (χ4n) is 1.43. The molecule has 0 bridgehead atoms. The third-order valence-electron chi connectivity index (χ3n) is 2.29. The number of nitrogens with one attached hydrogen (secondary N) is 1. The number of aromatic nitrogens is 4. The van der Waals surface area contributed by atoms with Crippen LogP contribution in [0.4, 0.5) is 23.2 Å². The first-order valence-corrected chi connectivity index (χ1v) is 7.37. The van der Waals surface area contributed by atoms with Crippen LogP contribution in [-0.2, 0) is 11.1 Å². The van der Waals surface area contributed by atoms with Gasteiger partial charge in [0.25, 0.3) is 0 Å². The van der Waals surface area contributed by atoms with Gasteiger partial charge in [0.15, 0.2) is 0 Å². The first kappa shape index (κ1) is 21.7. The van der Waals surface area contributed by atoms with Crippen LogP contribution < -0.4 is 10.00 Å². The maximum absolute atomic E-state index is 9.75. The zero-order chi connectivity index (χ0) is 18.9. The molecule has 0 aromatic carbocycles. The van der Waals surface area contributed by atoms with Crippen molar-refractivity contribution in [3.8, 4) is 0 Å². The standard InChI is InChI=1S/C13H28N5.BF4/c1-11(2,3)14-10-15-18(13(7,8)9)16-17(10)12(4,5)6;2-1(3,4)5/h1-9H3,(H,14,15,16);/q+1;-1. The Morgan fingerprint density at radius 2 is 1.30 bits per heavy atom. The second-order valence-electron chi connectivity index (χ2n) is 8.33. The summed E-state index contributed by atoms with van der Waals surface area (Å²) in [6.07, 6.45) is 0. The predicted octanol–water partition coefficient (Wildman–Crippen LogP) is 3.59. The van der Waals surface area contributed by atoms with E-state index in [2.05, 4.69) is 77.9 Å². The van der Waals surface area contributed by atoms with E-state index in [1.165, 1.54) is 0 Å². The molecule has 0 atom stereocenters. The second-order valence-corrected chi connectivity index (χ2v) is 8.33. The Morgan fingerprint density at radius 3 is 1.57 bits per heavy atom. The highest BCUT2D eigenvalue weighted by molar-refractivity contribution is 6.50. The molecule has 0 aliphatic heterocycles. The molecule has 0 saturated heterocycles. The number of hydrogen-bond acceptors (Lipinski definition) is 3. The molecule has 0 unspecified atom stereocenters. The monoisotopic (exact) mass is 341 g/mol. The van der Waals surface area contributed by atoms with Crippen LogP contribution in [0.3, 0.4) is 0 Å². The summed E-state index contributed by atoms with van der Waals surface area (Å²) in [6.45, 7) is 19.0. The van der Waals surface area contributed by atoms with Gasteiger partial charge in [-0.05, 0) is 67.1 Å². The molecule has 0 fully saturated rings. The largest absolute Gasteiger partial charge is 0.673 e. The minimum Gasteiger partial charge on any atom is -0.418 e. The number of rotatable bonds is 1. The van der Waals surface area contributed by atoms with Gasteiger partial charge in [-0.3, -0.25) is 5.32 Å². The summed E-state index contributed by atoms with van der Waals surface area (Å²) in [5.74, 6) is 0.810. The summed E-state index contributed by atoms with van der Waals surface area (Å²) in [7, 11) is -6.00. The Labute approximate surface area is 135 Å². The van der Waals surface area contributed by atoms with Gasteiger partial charge in [-0.1, -0.05) is 0 Å². The fourth-order valence-corrected chi connectivity index (χ4v) is 1.43. The number of nitrogens with zero attached hydrogens (tertiary/aromatic N) is 4. The van der Waals surface area contributed by atoms with Crippen LogP contribution >= 0.6 is 0 Å². The zero-order valence-electron chi connectivity index (χ0n) is 15.4. The molecule has 0 saturated carbocycles. The third-order valence-corrected chi connectivity index (χ3v) is 2.29. The van der Waals surface area contributed by atoms with E-state index in [0.717, 1.165) is 5.95 Å². The maximum Gasteiger partial charge on any atom is 0.673 e. The molecule has 23 heavy (non-hydrogen) atoms. The van der Waals surface area contributed by atoms with Crippen molar-refractivity contribution in [3.63, 3.8) is 0 Å². The van der Waals surface area contributed by atoms with E-state index in [4.69, 9.17) is 0 Å². The molecule has 0 aliphatic carbocycles. The summed E-state index contributed by atoms with van der Waals surface area (Å²) in [5, 5.41) is 12.6. The normalized spacial score (nSPS) is 13.4. The second kappa shape index (κ2) is 6.64. The highest BCUT2D eigenvalue weighted by atomic mass is 19.5. The Kier molecular flexibility index (Phi) is 6.26. The smallest absolute Gasteiger partial charge is 0.418 e. The van der Waals surface area contributed by atoms with Crippen LogP contribution in [0.1, 0.15) is 62.3 Å². The topological polar surface area (TPSA) is 46.6 Å². The molecule has 1 rings (SSSR count). The number of tetrazole rings is 1. The van der Waals surface area contributed by atoms with Crippen molar-refractivity contribution < 1.29 is 21.9 Å². The van der Waals surface area contributed by atoms with Crippen LogP contribution in [0.2, 0.25) is 0 Å². The Hall–Kier alpha value is -1.35. The highest BCUT2D eigenvalue weighted by Gasteiger charge is 2.34. The van der Waals surface area contributed by atoms with Gasteiger partial charge in [0.1, 0.15) is 5.54 Å². The summed E-state index contributed by atoms with van der Waals surface area (Å²) in [6, 6.07) is 0. The lowest BCUT2D eigenvalue weighted by Gasteiger charge is -2.20. The van der Waals surface area contributed by atoms with E-state index >= 15 is 0 Å². The van der Waals surface area contributed by atoms with Gasteiger partial charge in [-0.25, -0.2) is 0 Å². The molecule has 10 heteroatoms. The quantitative estimate of drug-likeness (QED) is 0.482. The summed E-state index contributed by atoms with van der Waals surface area (Å²) in [5.41, 5.74) is -0.256. The zero-order valence-corrected chi connectivity index (χ0v) is 15.4.